The first-order valence-electron chi connectivity index (χ1n) is 11.1. The smallest absolute Gasteiger partial charge is 0.407 e. The summed E-state index contributed by atoms with van der Waals surface area (Å²) < 4.78 is 11.9. The molecule has 0 bridgehead atoms. The van der Waals surface area contributed by atoms with Crippen LogP contribution in [0.4, 0.5) is 4.79 Å². The number of halogens is 1. The van der Waals surface area contributed by atoms with E-state index in [1.54, 1.807) is 13.3 Å². The highest BCUT2D eigenvalue weighted by Crippen LogP contribution is 2.44. The number of carboxylic acids is 1. The van der Waals surface area contributed by atoms with Crippen LogP contribution in [0.25, 0.3) is 22.0 Å². The van der Waals surface area contributed by atoms with Gasteiger partial charge in [-0.1, -0.05) is 48.5 Å². The zero-order valence-electron chi connectivity index (χ0n) is 18.9. The molecule has 8 heteroatoms. The molecule has 1 aliphatic carbocycles. The Morgan fingerprint density at radius 3 is 2.37 bits per heavy atom. The largest absolute Gasteiger partial charge is 0.495 e. The Bertz CT molecular complexity index is 1380. The number of carboxylic acid groups (broad SMARTS) is 1. The molecule has 0 radical (unpaired) electrons. The number of rotatable bonds is 7. The number of aromatic amines is 1. The summed E-state index contributed by atoms with van der Waals surface area (Å²) in [7, 11) is 1.59. The van der Waals surface area contributed by atoms with Crippen molar-refractivity contribution in [1.29, 1.82) is 0 Å². The molecule has 0 saturated carbocycles. The minimum Gasteiger partial charge on any atom is -0.495 e. The molecule has 1 amide bonds. The van der Waals surface area contributed by atoms with Gasteiger partial charge < -0.3 is 24.9 Å². The van der Waals surface area contributed by atoms with Crippen LogP contribution in [-0.2, 0) is 16.0 Å². The maximum atomic E-state index is 12.7. The van der Waals surface area contributed by atoms with Gasteiger partial charge >= 0.3 is 12.1 Å². The van der Waals surface area contributed by atoms with E-state index in [2.05, 4.69) is 45.0 Å². The first-order valence-corrected chi connectivity index (χ1v) is 12.2. The average Bonchev–Trinajstić information content (AvgIpc) is 3.40. The number of H-pyrrole nitrogens is 1. The molecule has 3 aromatic carbocycles. The van der Waals surface area contributed by atoms with E-state index in [0.29, 0.717) is 5.75 Å². The van der Waals surface area contributed by atoms with Gasteiger partial charge in [-0.15, -0.1) is 0 Å². The van der Waals surface area contributed by atoms with Gasteiger partial charge in [-0.25, -0.2) is 9.59 Å². The molecule has 0 fully saturated rings. The van der Waals surface area contributed by atoms with Crippen molar-refractivity contribution in [3.8, 4) is 16.9 Å². The van der Waals surface area contributed by atoms with Crippen molar-refractivity contribution < 1.29 is 24.2 Å². The highest BCUT2D eigenvalue weighted by molar-refractivity contribution is 14.1. The Labute approximate surface area is 215 Å². The molecule has 35 heavy (non-hydrogen) atoms. The van der Waals surface area contributed by atoms with Gasteiger partial charge in [0.25, 0.3) is 0 Å². The number of aromatic nitrogens is 1. The van der Waals surface area contributed by atoms with E-state index in [1.807, 2.05) is 48.5 Å². The second kappa shape index (κ2) is 9.61. The van der Waals surface area contributed by atoms with E-state index < -0.39 is 18.1 Å². The summed E-state index contributed by atoms with van der Waals surface area (Å²) in [5.41, 5.74) is 6.00. The summed E-state index contributed by atoms with van der Waals surface area (Å²) in [6.45, 7) is 0.120. The van der Waals surface area contributed by atoms with Gasteiger partial charge in [-0.3, -0.25) is 0 Å². The highest BCUT2D eigenvalue weighted by atomic mass is 127. The average molecular weight is 582 g/mol. The van der Waals surface area contributed by atoms with Crippen molar-refractivity contribution >= 4 is 45.6 Å². The van der Waals surface area contributed by atoms with Crippen molar-refractivity contribution in [3.05, 3.63) is 87.1 Å². The number of hydrogen-bond donors (Lipinski definition) is 3. The van der Waals surface area contributed by atoms with Gasteiger partial charge in [-0.2, -0.15) is 0 Å². The summed E-state index contributed by atoms with van der Waals surface area (Å²) in [6.07, 6.45) is 1.09. The predicted molar refractivity (Wildman–Crippen MR) is 141 cm³/mol. The number of alkyl carbamates (subject to hydrolysis) is 1. The van der Waals surface area contributed by atoms with E-state index in [9.17, 15) is 14.7 Å². The molecule has 1 atom stereocenters. The van der Waals surface area contributed by atoms with Gasteiger partial charge in [0.2, 0.25) is 0 Å². The molecule has 7 nitrogen and oxygen atoms in total. The first-order chi connectivity index (χ1) is 17.0. The summed E-state index contributed by atoms with van der Waals surface area (Å²) in [5, 5.41) is 13.2. The van der Waals surface area contributed by atoms with Crippen LogP contribution in [-0.4, -0.2) is 41.9 Å². The molecule has 4 aromatic rings. The molecule has 3 N–H and O–H groups in total. The van der Waals surface area contributed by atoms with Crippen LogP contribution in [0.2, 0.25) is 0 Å². The molecule has 1 heterocycles. The summed E-state index contributed by atoms with van der Waals surface area (Å²) in [4.78, 5) is 27.8. The predicted octanol–water partition coefficient (Wildman–Crippen LogP) is 5.32. The fraction of sp³-hybridized carbons (Fsp3) is 0.185. The number of hydrogen-bond acceptors (Lipinski definition) is 4. The quantitative estimate of drug-likeness (QED) is 0.257. The number of ether oxygens (including phenoxy) is 2. The monoisotopic (exact) mass is 582 g/mol. The number of carbonyl (C=O) groups excluding carboxylic acids is 1. The lowest BCUT2D eigenvalue weighted by molar-refractivity contribution is -0.139. The Morgan fingerprint density at radius 2 is 1.74 bits per heavy atom. The number of aliphatic carboxylic acids is 1. The van der Waals surface area contributed by atoms with Crippen LogP contribution in [0.1, 0.15) is 22.6 Å². The minimum absolute atomic E-state index is 0.0976. The third-order valence-electron chi connectivity index (χ3n) is 6.38. The maximum absolute atomic E-state index is 12.7. The molecular formula is C27H23IN2O5. The summed E-state index contributed by atoms with van der Waals surface area (Å²) in [5.74, 6) is -0.556. The Hall–Kier alpha value is -3.53. The van der Waals surface area contributed by atoms with Gasteiger partial charge in [0, 0.05) is 27.5 Å². The standard InChI is InChI=1S/C27H23IN2O5/c1-34-24-12-16(28)11-21-15(13-29-25(21)24)10-23(26(31)32)30-27(33)35-14-22-19-8-4-2-6-17(19)18-7-3-5-9-20(18)22/h2-9,11-13,22-23,29H,10,14H2,1H3,(H,30,33)(H,31,32)/t23-/m0/s1. The first kappa shape index (κ1) is 23.2. The van der Waals surface area contributed by atoms with Gasteiger partial charge in [-0.05, 0) is 62.5 Å². The van der Waals surface area contributed by atoms with Gasteiger partial charge in [0.15, 0.2) is 0 Å². The molecule has 178 valence electrons. The molecule has 5 rings (SSSR count). The maximum Gasteiger partial charge on any atom is 0.407 e. The number of carbonyl (C=O) groups is 2. The van der Waals surface area contributed by atoms with Crippen LogP contribution in [0.3, 0.4) is 0 Å². The fourth-order valence-corrected chi connectivity index (χ4v) is 5.35. The van der Waals surface area contributed by atoms with Crippen molar-refractivity contribution in [3.63, 3.8) is 0 Å². The summed E-state index contributed by atoms with van der Waals surface area (Å²) >= 11 is 2.19. The lowest BCUT2D eigenvalue weighted by atomic mass is 9.98. The normalized spacial score (nSPS) is 13.2. The van der Waals surface area contributed by atoms with E-state index in [0.717, 1.165) is 42.3 Å². The second-order valence-electron chi connectivity index (χ2n) is 8.41. The minimum atomic E-state index is -1.14. The van der Waals surface area contributed by atoms with E-state index in [-0.39, 0.29) is 18.9 Å². The molecule has 1 aromatic heterocycles. The molecule has 0 aliphatic heterocycles. The van der Waals surface area contributed by atoms with Crippen LogP contribution in [0, 0.1) is 3.57 Å². The topological polar surface area (TPSA) is 101 Å². The van der Waals surface area contributed by atoms with Crippen LogP contribution < -0.4 is 10.1 Å². The highest BCUT2D eigenvalue weighted by Gasteiger charge is 2.30. The van der Waals surface area contributed by atoms with Gasteiger partial charge in [0.1, 0.15) is 18.4 Å². The van der Waals surface area contributed by atoms with Gasteiger partial charge in [0.05, 0.1) is 12.6 Å². The lowest BCUT2D eigenvalue weighted by Crippen LogP contribution is -2.42. The SMILES string of the molecule is COc1cc(I)cc2c(C[C@H](NC(=O)OCC3c4ccccc4-c4ccccc43)C(=O)O)c[nH]c12. The van der Waals surface area contributed by atoms with E-state index >= 15 is 0 Å². The number of nitrogens with one attached hydrogen (secondary N) is 2. The molecular weight excluding hydrogens is 559 g/mol. The number of amides is 1. The fourth-order valence-electron chi connectivity index (χ4n) is 4.75. The molecule has 0 spiro atoms. The third-order valence-corrected chi connectivity index (χ3v) is 7.00. The number of benzene rings is 3. The number of fused-ring (bicyclic) bond motifs is 4. The van der Waals surface area contributed by atoms with Crippen LogP contribution in [0.5, 0.6) is 5.75 Å². The Kier molecular flexibility index (Phi) is 6.38. The lowest BCUT2D eigenvalue weighted by Gasteiger charge is -2.17. The summed E-state index contributed by atoms with van der Waals surface area (Å²) in [6, 6.07) is 18.8. The zero-order chi connectivity index (χ0) is 24.5. The molecule has 0 unspecified atom stereocenters. The van der Waals surface area contributed by atoms with Crippen LogP contribution in [0.15, 0.2) is 66.9 Å². The van der Waals surface area contributed by atoms with Crippen molar-refractivity contribution in [2.75, 3.05) is 13.7 Å². The Morgan fingerprint density at radius 1 is 1.09 bits per heavy atom. The molecule has 1 aliphatic rings. The Balaban J connectivity index is 1.30. The van der Waals surface area contributed by atoms with Crippen molar-refractivity contribution in [2.45, 2.75) is 18.4 Å². The van der Waals surface area contributed by atoms with Crippen molar-refractivity contribution in [1.82, 2.24) is 10.3 Å². The molecule has 0 saturated heterocycles. The van der Waals surface area contributed by atoms with Crippen LogP contribution >= 0.6 is 22.6 Å². The van der Waals surface area contributed by atoms with E-state index in [1.165, 1.54) is 0 Å². The third kappa shape index (κ3) is 4.45. The van der Waals surface area contributed by atoms with E-state index in [4.69, 9.17) is 9.47 Å². The van der Waals surface area contributed by atoms with Crippen molar-refractivity contribution in [2.24, 2.45) is 0 Å². The second-order valence-corrected chi connectivity index (χ2v) is 9.65. The zero-order valence-corrected chi connectivity index (χ0v) is 21.0. The number of methoxy groups -OCH3 is 1.